The number of hydrogen-bond donors (Lipinski definition) is 0. The summed E-state index contributed by atoms with van der Waals surface area (Å²) >= 11 is 0. The van der Waals surface area contributed by atoms with E-state index in [0.717, 1.165) is 5.92 Å². The Balaban J connectivity index is 4.21. The first-order valence-electron chi connectivity index (χ1n) is 11.8. The Bertz CT molecular complexity index is 253. The Kier molecular flexibility index (Phi) is 18.2. The summed E-state index contributed by atoms with van der Waals surface area (Å²) in [4.78, 5) is 7.72. The van der Waals surface area contributed by atoms with Crippen LogP contribution >= 0.6 is 0 Å². The van der Waals surface area contributed by atoms with Crippen molar-refractivity contribution in [2.75, 3.05) is 58.9 Å². The van der Waals surface area contributed by atoms with Gasteiger partial charge in [0.05, 0.1) is 0 Å². The predicted octanol–water partition coefficient (Wildman–Crippen LogP) is 5.36. The molecule has 0 rings (SSSR count). The average Bonchev–Trinajstić information content (AvgIpc) is 2.68. The van der Waals surface area contributed by atoms with Crippen molar-refractivity contribution in [1.82, 2.24) is 14.7 Å². The highest BCUT2D eigenvalue weighted by atomic mass is 15.1. The topological polar surface area (TPSA) is 9.72 Å². The molecule has 0 aromatic heterocycles. The van der Waals surface area contributed by atoms with Crippen LogP contribution in [0, 0.1) is 5.92 Å². The van der Waals surface area contributed by atoms with Gasteiger partial charge in [-0.2, -0.15) is 0 Å². The van der Waals surface area contributed by atoms with Crippen LogP contribution < -0.4 is 0 Å². The van der Waals surface area contributed by atoms with Gasteiger partial charge in [0.15, 0.2) is 0 Å². The highest BCUT2D eigenvalue weighted by Crippen LogP contribution is 2.21. The third-order valence-corrected chi connectivity index (χ3v) is 6.19. The lowest BCUT2D eigenvalue weighted by Gasteiger charge is -2.23. The van der Waals surface area contributed by atoms with E-state index in [1.54, 1.807) is 0 Å². The van der Waals surface area contributed by atoms with E-state index in [4.69, 9.17) is 0 Å². The molecule has 0 aromatic carbocycles. The molecule has 0 radical (unpaired) electrons. The van der Waals surface area contributed by atoms with Gasteiger partial charge >= 0.3 is 0 Å². The van der Waals surface area contributed by atoms with Crippen LogP contribution in [0.5, 0.6) is 0 Å². The lowest BCUT2D eigenvalue weighted by atomic mass is 9.91. The molecule has 0 N–H and O–H groups in total. The summed E-state index contributed by atoms with van der Waals surface area (Å²) in [6.07, 6.45) is 9.86. The van der Waals surface area contributed by atoms with Gasteiger partial charge in [-0.25, -0.2) is 0 Å². The van der Waals surface area contributed by atoms with Crippen molar-refractivity contribution < 1.29 is 0 Å². The SMILES string of the molecule is CCN(CC)CCCCC(CCCN(CC)CC)CCCN(CC)CC. The average molecular weight is 370 g/mol. The second-order valence-corrected chi connectivity index (χ2v) is 7.73. The van der Waals surface area contributed by atoms with E-state index in [9.17, 15) is 0 Å². The second kappa shape index (κ2) is 18.3. The maximum absolute atomic E-state index is 2.58. The van der Waals surface area contributed by atoms with Crippen LogP contribution in [0.25, 0.3) is 0 Å². The Morgan fingerprint density at radius 3 is 1.08 bits per heavy atom. The fraction of sp³-hybridized carbons (Fsp3) is 1.00. The standard InChI is InChI=1S/C23H51N3/c1-7-24(8-2)20-14-13-17-23(18-15-21-25(9-3)10-4)19-16-22-26(11-5)12-6/h23H,7-22H2,1-6H3. The molecule has 0 saturated heterocycles. The highest BCUT2D eigenvalue weighted by Gasteiger charge is 2.11. The van der Waals surface area contributed by atoms with Gasteiger partial charge in [-0.3, -0.25) is 0 Å². The van der Waals surface area contributed by atoms with Crippen molar-refractivity contribution in [1.29, 1.82) is 0 Å². The van der Waals surface area contributed by atoms with Crippen LogP contribution in [0.3, 0.4) is 0 Å². The quantitative estimate of drug-likeness (QED) is 0.284. The van der Waals surface area contributed by atoms with Crippen molar-refractivity contribution in [2.24, 2.45) is 5.92 Å². The molecule has 0 heterocycles. The normalized spacial score (nSPS) is 12.2. The molecule has 158 valence electrons. The van der Waals surface area contributed by atoms with Gasteiger partial charge in [-0.15, -0.1) is 0 Å². The summed E-state index contributed by atoms with van der Waals surface area (Å²) in [5, 5.41) is 0. The van der Waals surface area contributed by atoms with Crippen molar-refractivity contribution in [3.63, 3.8) is 0 Å². The van der Waals surface area contributed by atoms with Crippen LogP contribution in [-0.2, 0) is 0 Å². The zero-order valence-electron chi connectivity index (χ0n) is 19.2. The summed E-state index contributed by atoms with van der Waals surface area (Å²) in [5.74, 6) is 0.942. The van der Waals surface area contributed by atoms with E-state index in [1.807, 2.05) is 0 Å². The molecule has 0 atom stereocenters. The molecule has 0 amide bonds. The highest BCUT2D eigenvalue weighted by molar-refractivity contribution is 4.65. The van der Waals surface area contributed by atoms with Crippen LogP contribution in [0.2, 0.25) is 0 Å². The molecule has 3 heteroatoms. The first-order chi connectivity index (χ1) is 12.6. The third-order valence-electron chi connectivity index (χ3n) is 6.19. The summed E-state index contributed by atoms with van der Waals surface area (Å²) < 4.78 is 0. The Hall–Kier alpha value is -0.120. The van der Waals surface area contributed by atoms with Gasteiger partial charge in [0.1, 0.15) is 0 Å². The number of nitrogens with zero attached hydrogens (tertiary/aromatic N) is 3. The van der Waals surface area contributed by atoms with E-state index in [0.29, 0.717) is 0 Å². The van der Waals surface area contributed by atoms with Gasteiger partial charge in [-0.1, -0.05) is 54.4 Å². The first-order valence-corrected chi connectivity index (χ1v) is 11.8. The molecule has 0 fully saturated rings. The molecule has 3 nitrogen and oxygen atoms in total. The van der Waals surface area contributed by atoms with E-state index >= 15 is 0 Å². The molecule has 26 heavy (non-hydrogen) atoms. The summed E-state index contributed by atoms with van der Waals surface area (Å²) in [6.45, 7) is 24.8. The second-order valence-electron chi connectivity index (χ2n) is 7.73. The maximum Gasteiger partial charge on any atom is -0.00189 e. The monoisotopic (exact) mass is 369 g/mol. The van der Waals surface area contributed by atoms with Crippen molar-refractivity contribution in [3.05, 3.63) is 0 Å². The first kappa shape index (κ1) is 25.9. The number of unbranched alkanes of at least 4 members (excludes halogenated alkanes) is 1. The molecule has 0 aromatic rings. The van der Waals surface area contributed by atoms with Gasteiger partial charge < -0.3 is 14.7 Å². The van der Waals surface area contributed by atoms with Crippen molar-refractivity contribution in [2.45, 2.75) is 86.5 Å². The fourth-order valence-corrected chi connectivity index (χ4v) is 4.03. The zero-order chi connectivity index (χ0) is 19.6. The Labute approximate surface area is 166 Å². The fourth-order valence-electron chi connectivity index (χ4n) is 4.03. The minimum Gasteiger partial charge on any atom is -0.304 e. The van der Waals surface area contributed by atoms with E-state index in [2.05, 4.69) is 56.2 Å². The third kappa shape index (κ3) is 13.1. The van der Waals surface area contributed by atoms with Crippen LogP contribution in [0.15, 0.2) is 0 Å². The molecule has 0 saturated carbocycles. The van der Waals surface area contributed by atoms with E-state index in [-0.39, 0.29) is 0 Å². The number of rotatable bonds is 19. The lowest BCUT2D eigenvalue weighted by molar-refractivity contribution is 0.256. The molecule has 0 aliphatic carbocycles. The Morgan fingerprint density at radius 2 is 0.731 bits per heavy atom. The smallest absolute Gasteiger partial charge is 0.00189 e. The maximum atomic E-state index is 2.58. The van der Waals surface area contributed by atoms with E-state index < -0.39 is 0 Å². The summed E-state index contributed by atoms with van der Waals surface area (Å²) in [7, 11) is 0. The summed E-state index contributed by atoms with van der Waals surface area (Å²) in [5.41, 5.74) is 0. The molecular weight excluding hydrogens is 318 g/mol. The molecule has 0 unspecified atom stereocenters. The van der Waals surface area contributed by atoms with Gasteiger partial charge in [0.2, 0.25) is 0 Å². The van der Waals surface area contributed by atoms with Crippen LogP contribution in [-0.4, -0.2) is 73.6 Å². The number of hydrogen-bond acceptors (Lipinski definition) is 3. The largest absolute Gasteiger partial charge is 0.304 e. The Morgan fingerprint density at radius 1 is 0.423 bits per heavy atom. The van der Waals surface area contributed by atoms with Gasteiger partial charge in [-0.05, 0) is 96.9 Å². The van der Waals surface area contributed by atoms with Crippen molar-refractivity contribution in [3.8, 4) is 0 Å². The zero-order valence-corrected chi connectivity index (χ0v) is 19.2. The minimum absolute atomic E-state index is 0.942. The van der Waals surface area contributed by atoms with Crippen LogP contribution in [0.1, 0.15) is 86.5 Å². The van der Waals surface area contributed by atoms with Crippen molar-refractivity contribution >= 4 is 0 Å². The molecule has 0 bridgehead atoms. The van der Waals surface area contributed by atoms with Gasteiger partial charge in [0.25, 0.3) is 0 Å². The minimum atomic E-state index is 0.942. The molecular formula is C23H51N3. The predicted molar refractivity (Wildman–Crippen MR) is 119 cm³/mol. The molecule has 0 aliphatic heterocycles. The lowest BCUT2D eigenvalue weighted by Crippen LogP contribution is -2.25. The summed E-state index contributed by atoms with van der Waals surface area (Å²) in [6, 6.07) is 0. The van der Waals surface area contributed by atoms with Crippen LogP contribution in [0.4, 0.5) is 0 Å². The van der Waals surface area contributed by atoms with E-state index in [1.165, 1.54) is 104 Å². The van der Waals surface area contributed by atoms with Gasteiger partial charge in [0, 0.05) is 0 Å². The molecule has 0 spiro atoms. The molecule has 0 aliphatic rings.